The van der Waals surface area contributed by atoms with Crippen molar-refractivity contribution in [1.82, 2.24) is 9.97 Å². The number of hydrogen-bond donors (Lipinski definition) is 0. The number of aliphatic imine (C=N–C) groups is 1. The Labute approximate surface area is 255 Å². The first-order valence-corrected chi connectivity index (χ1v) is 13.7. The minimum Gasteiger partial charge on any atom is -0.243 e. The molecule has 1 aromatic heterocycles. The molecular weight excluding hydrogens is 573 g/mol. The topological polar surface area (TPSA) is 110 Å². The molecule has 4 aromatic carbocycles. The number of nitriles is 3. The number of halogens is 3. The average molecular weight is 591 g/mol. The van der Waals surface area contributed by atoms with Gasteiger partial charge in [-0.25, -0.2) is 9.97 Å². The number of aromatic nitrogens is 2. The highest BCUT2D eigenvalue weighted by Crippen LogP contribution is 2.48. The van der Waals surface area contributed by atoms with E-state index in [9.17, 15) is 29.0 Å². The van der Waals surface area contributed by atoms with Crippen LogP contribution in [0.4, 0.5) is 13.2 Å². The van der Waals surface area contributed by atoms with Crippen LogP contribution in [-0.4, -0.2) is 15.7 Å². The number of alkyl halides is 3. The van der Waals surface area contributed by atoms with Crippen LogP contribution >= 0.6 is 0 Å². The van der Waals surface area contributed by atoms with Crippen LogP contribution in [0, 0.1) is 41.0 Å². The standard InChI is InChI=1S/C36H17F3N6/c1-19-2-4-20(5-3-19)23-9-13-27-29(15-23)31(43-18-42)35-33(27)44-34-30(24(16-40)17-41)28-14-22(8-12-26(28)32(34)45-35)21-6-10-25(11-7-21)36(37,38)39/h2-15H,1H3/b43-31+. The molecule has 2 aliphatic rings. The van der Waals surface area contributed by atoms with E-state index in [4.69, 9.17) is 9.97 Å². The fourth-order valence-corrected chi connectivity index (χ4v) is 5.82. The summed E-state index contributed by atoms with van der Waals surface area (Å²) in [7, 11) is 0. The van der Waals surface area contributed by atoms with E-state index in [1.54, 1.807) is 18.2 Å². The molecule has 5 aromatic rings. The van der Waals surface area contributed by atoms with Gasteiger partial charge >= 0.3 is 6.18 Å². The van der Waals surface area contributed by atoms with Gasteiger partial charge in [0.25, 0.3) is 0 Å². The van der Waals surface area contributed by atoms with Crippen molar-refractivity contribution in [2.24, 2.45) is 4.99 Å². The van der Waals surface area contributed by atoms with Gasteiger partial charge in [0.15, 0.2) is 0 Å². The normalized spacial score (nSPS) is 13.3. The number of benzene rings is 4. The third kappa shape index (κ3) is 4.36. The number of aryl methyl sites for hydroxylation is 1. The van der Waals surface area contributed by atoms with E-state index in [1.807, 2.05) is 67.7 Å². The van der Waals surface area contributed by atoms with E-state index in [2.05, 4.69) is 4.99 Å². The van der Waals surface area contributed by atoms with E-state index in [0.717, 1.165) is 28.8 Å². The first kappa shape index (κ1) is 27.5. The molecule has 0 spiro atoms. The van der Waals surface area contributed by atoms with E-state index in [0.29, 0.717) is 61.9 Å². The Bertz CT molecular complexity index is 2260. The lowest BCUT2D eigenvalue weighted by atomic mass is 9.96. The molecule has 0 atom stereocenters. The lowest BCUT2D eigenvalue weighted by Gasteiger charge is -2.09. The summed E-state index contributed by atoms with van der Waals surface area (Å²) in [5.41, 5.74) is 8.03. The number of nitrogens with zero attached hydrogens (tertiary/aromatic N) is 6. The van der Waals surface area contributed by atoms with Gasteiger partial charge in [-0.2, -0.15) is 33.9 Å². The smallest absolute Gasteiger partial charge is 0.243 e. The lowest BCUT2D eigenvalue weighted by Crippen LogP contribution is -2.04. The summed E-state index contributed by atoms with van der Waals surface area (Å²) in [6, 6.07) is 27.8. The zero-order valence-electron chi connectivity index (χ0n) is 23.4. The van der Waals surface area contributed by atoms with E-state index < -0.39 is 11.7 Å². The third-order valence-electron chi connectivity index (χ3n) is 8.00. The number of rotatable bonds is 2. The minimum absolute atomic E-state index is 0.173. The Hall–Kier alpha value is -6.37. The van der Waals surface area contributed by atoms with Crippen molar-refractivity contribution in [2.75, 3.05) is 0 Å². The molecule has 0 saturated heterocycles. The fraction of sp³-hybridized carbons (Fsp3) is 0.0556. The Kier molecular flexibility index (Phi) is 6.18. The molecule has 2 aliphatic carbocycles. The van der Waals surface area contributed by atoms with Gasteiger partial charge in [0.2, 0.25) is 6.19 Å². The van der Waals surface area contributed by atoms with Crippen LogP contribution in [0.3, 0.4) is 0 Å². The van der Waals surface area contributed by atoms with Gasteiger partial charge < -0.3 is 0 Å². The van der Waals surface area contributed by atoms with Crippen molar-refractivity contribution in [3.8, 4) is 63.1 Å². The molecule has 212 valence electrons. The Balaban J connectivity index is 1.40. The van der Waals surface area contributed by atoms with Crippen LogP contribution in [0.25, 0.3) is 50.3 Å². The maximum absolute atomic E-state index is 13.1. The molecule has 0 radical (unpaired) electrons. The maximum Gasteiger partial charge on any atom is 0.416 e. The zero-order valence-corrected chi connectivity index (χ0v) is 23.4. The molecular formula is C36H17F3N6. The number of hydrogen-bond acceptors (Lipinski definition) is 6. The molecule has 0 amide bonds. The Morgan fingerprint density at radius 2 is 1.13 bits per heavy atom. The van der Waals surface area contributed by atoms with Gasteiger partial charge in [-0.15, -0.1) is 0 Å². The van der Waals surface area contributed by atoms with Crippen LogP contribution in [-0.2, 0) is 6.18 Å². The predicted molar refractivity (Wildman–Crippen MR) is 162 cm³/mol. The van der Waals surface area contributed by atoms with Gasteiger partial charge in [-0.3, -0.25) is 0 Å². The zero-order chi connectivity index (χ0) is 31.5. The van der Waals surface area contributed by atoms with Crippen LogP contribution < -0.4 is 0 Å². The molecule has 0 saturated carbocycles. The van der Waals surface area contributed by atoms with Gasteiger partial charge in [0.1, 0.15) is 34.8 Å². The second-order valence-electron chi connectivity index (χ2n) is 10.6. The van der Waals surface area contributed by atoms with E-state index >= 15 is 0 Å². The van der Waals surface area contributed by atoms with Crippen molar-refractivity contribution in [2.45, 2.75) is 13.1 Å². The molecule has 0 N–H and O–H groups in total. The summed E-state index contributed by atoms with van der Waals surface area (Å²) < 4.78 is 39.4. The van der Waals surface area contributed by atoms with Crippen molar-refractivity contribution in [3.63, 3.8) is 0 Å². The average Bonchev–Trinajstić information content (AvgIpc) is 3.52. The summed E-state index contributed by atoms with van der Waals surface area (Å²) >= 11 is 0. The predicted octanol–water partition coefficient (Wildman–Crippen LogP) is 8.27. The summed E-state index contributed by atoms with van der Waals surface area (Å²) in [6.07, 6.45) is -2.58. The fourth-order valence-electron chi connectivity index (χ4n) is 5.82. The molecule has 9 heteroatoms. The van der Waals surface area contributed by atoms with Crippen molar-refractivity contribution in [1.29, 1.82) is 15.8 Å². The molecule has 6 nitrogen and oxygen atoms in total. The second kappa shape index (κ2) is 10.1. The van der Waals surface area contributed by atoms with E-state index in [1.165, 1.54) is 12.1 Å². The molecule has 0 unspecified atom stereocenters. The van der Waals surface area contributed by atoms with Gasteiger partial charge in [0.05, 0.1) is 17.0 Å². The number of allylic oxidation sites excluding steroid dienone is 1. The van der Waals surface area contributed by atoms with Crippen molar-refractivity contribution in [3.05, 3.63) is 124 Å². The van der Waals surface area contributed by atoms with Crippen LogP contribution in [0.2, 0.25) is 0 Å². The van der Waals surface area contributed by atoms with Crippen LogP contribution in [0.5, 0.6) is 0 Å². The molecule has 45 heavy (non-hydrogen) atoms. The summed E-state index contributed by atoms with van der Waals surface area (Å²) in [4.78, 5) is 14.0. The first-order chi connectivity index (χ1) is 21.7. The van der Waals surface area contributed by atoms with Gasteiger partial charge in [-0.05, 0) is 59.0 Å². The Morgan fingerprint density at radius 1 is 0.622 bits per heavy atom. The highest BCUT2D eigenvalue weighted by atomic mass is 19.4. The highest BCUT2D eigenvalue weighted by molar-refractivity contribution is 6.24. The first-order valence-electron chi connectivity index (χ1n) is 13.7. The lowest BCUT2D eigenvalue weighted by molar-refractivity contribution is -0.137. The monoisotopic (exact) mass is 590 g/mol. The SMILES string of the molecule is Cc1ccc(-c2ccc3c(c2)/C(=N\C#N)c2nc4c(nc2-3)C(=C(C#N)C#N)c2cc(-c3ccc(C(F)(F)F)cc3)ccc2-4)cc1. The van der Waals surface area contributed by atoms with Crippen LogP contribution in [0.1, 0.15) is 33.6 Å². The molecule has 1 heterocycles. The summed E-state index contributed by atoms with van der Waals surface area (Å²) in [5.74, 6) is 0. The molecule has 0 aliphatic heterocycles. The highest BCUT2D eigenvalue weighted by Gasteiger charge is 2.36. The largest absolute Gasteiger partial charge is 0.416 e. The summed E-state index contributed by atoms with van der Waals surface area (Å²) in [5, 5.41) is 29.4. The molecule has 7 rings (SSSR count). The quantitative estimate of drug-likeness (QED) is 0.149. The maximum atomic E-state index is 13.1. The molecule has 0 bridgehead atoms. The minimum atomic E-state index is -4.46. The van der Waals surface area contributed by atoms with Crippen LogP contribution in [0.15, 0.2) is 95.5 Å². The van der Waals surface area contributed by atoms with Gasteiger partial charge in [0, 0.05) is 22.3 Å². The number of fused-ring (bicyclic) bond motifs is 6. The van der Waals surface area contributed by atoms with Crippen molar-refractivity contribution < 1.29 is 13.2 Å². The third-order valence-corrected chi connectivity index (χ3v) is 8.00. The summed E-state index contributed by atoms with van der Waals surface area (Å²) in [6.45, 7) is 2.01. The second-order valence-corrected chi connectivity index (χ2v) is 10.6. The Morgan fingerprint density at radius 3 is 1.71 bits per heavy atom. The van der Waals surface area contributed by atoms with E-state index in [-0.39, 0.29) is 11.1 Å². The van der Waals surface area contributed by atoms with Gasteiger partial charge in [-0.1, -0.05) is 66.2 Å². The van der Waals surface area contributed by atoms with Crippen molar-refractivity contribution >= 4 is 11.3 Å². The molecule has 0 fully saturated rings.